The second kappa shape index (κ2) is 8.77. The summed E-state index contributed by atoms with van der Waals surface area (Å²) in [7, 11) is 4.38. The Balaban J connectivity index is 0.000000197. The van der Waals surface area contributed by atoms with Crippen molar-refractivity contribution in [1.82, 2.24) is 19.9 Å². The maximum Gasteiger partial charge on any atom is 0.134 e. The number of fused-ring (bicyclic) bond motifs is 1. The molecule has 0 bridgehead atoms. The lowest BCUT2D eigenvalue weighted by molar-refractivity contribution is 0.229. The van der Waals surface area contributed by atoms with E-state index in [0.29, 0.717) is 5.82 Å². The van der Waals surface area contributed by atoms with Gasteiger partial charge in [0, 0.05) is 23.2 Å². The second-order valence-corrected chi connectivity index (χ2v) is 7.18. The van der Waals surface area contributed by atoms with Crippen LogP contribution in [0.15, 0.2) is 43.0 Å². The van der Waals surface area contributed by atoms with E-state index >= 15 is 0 Å². The third-order valence-corrected chi connectivity index (χ3v) is 5.03. The number of aromatic nitrogens is 3. The molecule has 2 aromatic heterocycles. The topological polar surface area (TPSA) is 88.2 Å². The van der Waals surface area contributed by atoms with Crippen LogP contribution in [0, 0.1) is 0 Å². The van der Waals surface area contributed by atoms with E-state index in [4.69, 9.17) is 5.73 Å². The highest BCUT2D eigenvalue weighted by atomic mass is 16.3. The molecule has 1 fully saturated rings. The highest BCUT2D eigenvalue weighted by Gasteiger charge is 2.14. The molecule has 0 spiro atoms. The summed E-state index contributed by atoms with van der Waals surface area (Å²) in [5.41, 5.74) is 8.34. The Morgan fingerprint density at radius 3 is 2.44 bits per heavy atom. The first-order valence-electron chi connectivity index (χ1n) is 9.35. The number of hydrogen-bond donors (Lipinski definition) is 2. The van der Waals surface area contributed by atoms with Crippen molar-refractivity contribution in [3.05, 3.63) is 43.0 Å². The van der Waals surface area contributed by atoms with E-state index in [1.807, 2.05) is 18.2 Å². The molecule has 0 radical (unpaired) electrons. The Labute approximate surface area is 160 Å². The minimum atomic E-state index is 0.130. The second-order valence-electron chi connectivity index (χ2n) is 7.18. The maximum absolute atomic E-state index is 9.43. The molecule has 0 amide bonds. The number of rotatable bonds is 2. The van der Waals surface area contributed by atoms with Gasteiger partial charge in [-0.15, -0.1) is 0 Å². The summed E-state index contributed by atoms with van der Waals surface area (Å²) in [6.45, 7) is 0. The lowest BCUT2D eigenvalue weighted by Crippen LogP contribution is -2.29. The van der Waals surface area contributed by atoms with Crippen LogP contribution in [0.2, 0.25) is 0 Å². The first-order chi connectivity index (χ1) is 13.0. The number of nitrogen functional groups attached to an aromatic ring is 1. The van der Waals surface area contributed by atoms with Crippen molar-refractivity contribution in [2.24, 2.45) is 0 Å². The molecule has 142 valence electrons. The summed E-state index contributed by atoms with van der Waals surface area (Å²) in [6.07, 6.45) is 11.7. The molecule has 0 atom stereocenters. The van der Waals surface area contributed by atoms with E-state index in [1.54, 1.807) is 12.3 Å². The van der Waals surface area contributed by atoms with Gasteiger partial charge in [-0.1, -0.05) is 25.3 Å². The van der Waals surface area contributed by atoms with Crippen molar-refractivity contribution in [2.75, 3.05) is 19.8 Å². The molecule has 3 aromatic rings. The molecule has 3 N–H and O–H groups in total. The Hall–Kier alpha value is -2.73. The predicted molar refractivity (Wildman–Crippen MR) is 109 cm³/mol. The van der Waals surface area contributed by atoms with Crippen LogP contribution in [0.25, 0.3) is 22.0 Å². The number of nitrogens with two attached hydrogens (primary N) is 1. The van der Waals surface area contributed by atoms with Gasteiger partial charge in [-0.3, -0.25) is 4.98 Å². The highest BCUT2D eigenvalue weighted by Crippen LogP contribution is 2.26. The van der Waals surface area contributed by atoms with Crippen LogP contribution < -0.4 is 5.73 Å². The van der Waals surface area contributed by atoms with Crippen LogP contribution in [0.5, 0.6) is 5.75 Å². The monoisotopic (exact) mass is 365 g/mol. The number of nitrogens with zero attached hydrogens (tertiary/aromatic N) is 4. The van der Waals surface area contributed by atoms with Crippen molar-refractivity contribution >= 4 is 16.7 Å². The fourth-order valence-electron chi connectivity index (χ4n) is 3.44. The molecular formula is C21H27N5O. The van der Waals surface area contributed by atoms with E-state index in [0.717, 1.165) is 28.1 Å². The average Bonchev–Trinajstić information content (AvgIpc) is 2.69. The van der Waals surface area contributed by atoms with Gasteiger partial charge >= 0.3 is 0 Å². The van der Waals surface area contributed by atoms with Crippen molar-refractivity contribution in [2.45, 2.75) is 38.1 Å². The zero-order valence-electron chi connectivity index (χ0n) is 16.0. The maximum atomic E-state index is 9.43. The molecule has 1 aliphatic carbocycles. The standard InChI is InChI=1S/C13H10N4O.C8H17N/c14-13-11-4-8(1-2-12(11)16-7-17-13)9-3-10(18)6-15-5-9;1-9(2)8-6-4-3-5-7-8/h1-7,18H,(H2,14,16,17);8H,3-7H2,1-2H3. The summed E-state index contributed by atoms with van der Waals surface area (Å²) >= 11 is 0. The summed E-state index contributed by atoms with van der Waals surface area (Å²) in [5.74, 6) is 0.569. The van der Waals surface area contributed by atoms with Crippen LogP contribution in [-0.4, -0.2) is 45.1 Å². The fraction of sp³-hybridized carbons (Fsp3) is 0.381. The molecule has 6 heteroatoms. The first-order valence-corrected chi connectivity index (χ1v) is 9.35. The van der Waals surface area contributed by atoms with Crippen molar-refractivity contribution in [1.29, 1.82) is 0 Å². The van der Waals surface area contributed by atoms with Gasteiger partial charge in [0.25, 0.3) is 0 Å². The predicted octanol–water partition coefficient (Wildman–Crippen LogP) is 3.86. The SMILES string of the molecule is CN(C)C1CCCCC1.Nc1ncnc2ccc(-c3cncc(O)c3)cc12. The Morgan fingerprint density at radius 1 is 1.00 bits per heavy atom. The van der Waals surface area contributed by atoms with Crippen LogP contribution in [-0.2, 0) is 0 Å². The third-order valence-electron chi connectivity index (χ3n) is 5.03. The van der Waals surface area contributed by atoms with E-state index in [9.17, 15) is 5.11 Å². The summed E-state index contributed by atoms with van der Waals surface area (Å²) < 4.78 is 0. The third kappa shape index (κ3) is 4.92. The molecular weight excluding hydrogens is 338 g/mol. The zero-order valence-corrected chi connectivity index (χ0v) is 16.0. The van der Waals surface area contributed by atoms with Gasteiger partial charge in [0.15, 0.2) is 0 Å². The van der Waals surface area contributed by atoms with Crippen LogP contribution in [0.3, 0.4) is 0 Å². The Bertz CT molecular complexity index is 891. The van der Waals surface area contributed by atoms with Crippen molar-refractivity contribution in [3.63, 3.8) is 0 Å². The molecule has 0 aliphatic heterocycles. The van der Waals surface area contributed by atoms with E-state index in [1.165, 1.54) is 44.6 Å². The largest absolute Gasteiger partial charge is 0.506 e. The van der Waals surface area contributed by atoms with Crippen molar-refractivity contribution in [3.8, 4) is 16.9 Å². The van der Waals surface area contributed by atoms with Gasteiger partial charge in [-0.2, -0.15) is 0 Å². The lowest BCUT2D eigenvalue weighted by atomic mass is 9.95. The van der Waals surface area contributed by atoms with E-state index in [2.05, 4.69) is 33.9 Å². The smallest absolute Gasteiger partial charge is 0.134 e. The number of benzene rings is 1. The quantitative estimate of drug-likeness (QED) is 0.717. The molecule has 0 saturated heterocycles. The van der Waals surface area contributed by atoms with Gasteiger partial charge in [0.2, 0.25) is 0 Å². The van der Waals surface area contributed by atoms with Gasteiger partial charge in [0.05, 0.1) is 11.7 Å². The van der Waals surface area contributed by atoms with Gasteiger partial charge in [0.1, 0.15) is 17.9 Å². The van der Waals surface area contributed by atoms with E-state index < -0.39 is 0 Å². The molecule has 2 heterocycles. The van der Waals surface area contributed by atoms with Crippen LogP contribution in [0.4, 0.5) is 5.82 Å². The highest BCUT2D eigenvalue weighted by molar-refractivity contribution is 5.91. The Kier molecular flexibility index (Phi) is 6.19. The number of anilines is 1. The molecule has 0 unspecified atom stereocenters. The molecule has 27 heavy (non-hydrogen) atoms. The first kappa shape index (κ1) is 19.0. The molecule has 6 nitrogen and oxygen atoms in total. The lowest BCUT2D eigenvalue weighted by Gasteiger charge is -2.27. The number of hydrogen-bond acceptors (Lipinski definition) is 6. The zero-order chi connectivity index (χ0) is 19.2. The normalized spacial score (nSPS) is 14.8. The molecule has 1 aromatic carbocycles. The van der Waals surface area contributed by atoms with E-state index in [-0.39, 0.29) is 5.75 Å². The summed E-state index contributed by atoms with van der Waals surface area (Å²) in [5, 5.41) is 10.2. The molecule has 1 aliphatic rings. The van der Waals surface area contributed by atoms with Gasteiger partial charge < -0.3 is 15.7 Å². The average molecular weight is 365 g/mol. The summed E-state index contributed by atoms with van der Waals surface area (Å²) in [6, 6.07) is 8.20. The molecule has 4 rings (SSSR count). The van der Waals surface area contributed by atoms with Gasteiger partial charge in [-0.05, 0) is 50.7 Å². The van der Waals surface area contributed by atoms with Crippen LogP contribution >= 0.6 is 0 Å². The Morgan fingerprint density at radius 2 is 1.78 bits per heavy atom. The minimum absolute atomic E-state index is 0.130. The minimum Gasteiger partial charge on any atom is -0.506 e. The van der Waals surface area contributed by atoms with Crippen LogP contribution in [0.1, 0.15) is 32.1 Å². The number of pyridine rings is 1. The van der Waals surface area contributed by atoms with Gasteiger partial charge in [-0.25, -0.2) is 9.97 Å². The number of aromatic hydroxyl groups is 1. The summed E-state index contributed by atoms with van der Waals surface area (Å²) in [4.78, 5) is 14.4. The fourth-order valence-corrected chi connectivity index (χ4v) is 3.44. The molecule has 1 saturated carbocycles. The van der Waals surface area contributed by atoms with Crippen molar-refractivity contribution < 1.29 is 5.11 Å².